The standard InChI is InChI=1S/C12H11FN2OS2/c1-7-6-18-11(15-7)5-14-12(16)8-2-3-9(13)10(17)4-8/h2-4,6,17H,5H2,1H3,(H,14,16). The first-order valence-corrected chi connectivity index (χ1v) is 6.56. The van der Waals surface area contributed by atoms with Gasteiger partial charge in [0.25, 0.3) is 5.91 Å². The molecule has 0 aliphatic rings. The summed E-state index contributed by atoms with van der Waals surface area (Å²) in [7, 11) is 0. The number of aromatic nitrogens is 1. The molecular weight excluding hydrogens is 271 g/mol. The summed E-state index contributed by atoms with van der Waals surface area (Å²) in [6.07, 6.45) is 0. The minimum absolute atomic E-state index is 0.160. The van der Waals surface area contributed by atoms with E-state index in [9.17, 15) is 9.18 Å². The van der Waals surface area contributed by atoms with Crippen molar-refractivity contribution in [2.45, 2.75) is 18.4 Å². The molecule has 0 bridgehead atoms. The summed E-state index contributed by atoms with van der Waals surface area (Å²) < 4.78 is 13.0. The molecule has 18 heavy (non-hydrogen) atoms. The molecule has 0 unspecified atom stereocenters. The lowest BCUT2D eigenvalue weighted by Crippen LogP contribution is -2.22. The second kappa shape index (κ2) is 5.49. The number of aryl methyl sites for hydroxylation is 1. The van der Waals surface area contributed by atoms with Crippen molar-refractivity contribution in [3.05, 3.63) is 45.7 Å². The average molecular weight is 282 g/mol. The molecular formula is C12H11FN2OS2. The van der Waals surface area contributed by atoms with Crippen LogP contribution in [0.4, 0.5) is 4.39 Å². The molecule has 1 aromatic heterocycles. The largest absolute Gasteiger partial charge is 0.346 e. The van der Waals surface area contributed by atoms with Gasteiger partial charge in [0.15, 0.2) is 0 Å². The zero-order valence-electron chi connectivity index (χ0n) is 9.61. The highest BCUT2D eigenvalue weighted by molar-refractivity contribution is 7.80. The molecule has 94 valence electrons. The first kappa shape index (κ1) is 13.0. The number of hydrogen-bond acceptors (Lipinski definition) is 4. The van der Waals surface area contributed by atoms with Crippen molar-refractivity contribution < 1.29 is 9.18 Å². The number of nitrogens with zero attached hydrogens (tertiary/aromatic N) is 1. The molecule has 1 amide bonds. The molecule has 0 atom stereocenters. The van der Waals surface area contributed by atoms with E-state index in [1.165, 1.54) is 29.5 Å². The molecule has 0 spiro atoms. The third-order valence-electron chi connectivity index (χ3n) is 2.28. The number of thiazole rings is 1. The lowest BCUT2D eigenvalue weighted by molar-refractivity contribution is 0.0950. The van der Waals surface area contributed by atoms with Crippen LogP contribution in [0.3, 0.4) is 0 Å². The van der Waals surface area contributed by atoms with Gasteiger partial charge in [0.2, 0.25) is 0 Å². The van der Waals surface area contributed by atoms with E-state index in [-0.39, 0.29) is 10.8 Å². The quantitative estimate of drug-likeness (QED) is 0.850. The van der Waals surface area contributed by atoms with Crippen LogP contribution < -0.4 is 5.32 Å². The summed E-state index contributed by atoms with van der Waals surface area (Å²) in [4.78, 5) is 16.2. The average Bonchev–Trinajstić information content (AvgIpc) is 2.75. The highest BCUT2D eigenvalue weighted by Gasteiger charge is 2.08. The molecule has 0 aliphatic carbocycles. The van der Waals surface area contributed by atoms with Gasteiger partial charge in [0, 0.05) is 21.5 Å². The van der Waals surface area contributed by atoms with Crippen molar-refractivity contribution in [1.29, 1.82) is 0 Å². The molecule has 1 heterocycles. The van der Waals surface area contributed by atoms with E-state index in [4.69, 9.17) is 0 Å². The minimum atomic E-state index is -0.439. The van der Waals surface area contributed by atoms with Crippen molar-refractivity contribution in [2.75, 3.05) is 0 Å². The number of carbonyl (C=O) groups excluding carboxylic acids is 1. The Labute approximate surface area is 113 Å². The predicted octanol–water partition coefficient (Wildman–Crippen LogP) is 2.81. The van der Waals surface area contributed by atoms with Gasteiger partial charge in [0.05, 0.1) is 6.54 Å². The van der Waals surface area contributed by atoms with E-state index in [0.29, 0.717) is 12.1 Å². The van der Waals surface area contributed by atoms with Crippen LogP contribution in [0.25, 0.3) is 0 Å². The van der Waals surface area contributed by atoms with Crippen molar-refractivity contribution in [3.63, 3.8) is 0 Å². The van der Waals surface area contributed by atoms with E-state index in [2.05, 4.69) is 22.9 Å². The van der Waals surface area contributed by atoms with Crippen LogP contribution >= 0.6 is 24.0 Å². The Kier molecular flexibility index (Phi) is 3.98. The van der Waals surface area contributed by atoms with Gasteiger partial charge in [-0.1, -0.05) is 0 Å². The molecule has 1 N–H and O–H groups in total. The van der Waals surface area contributed by atoms with Crippen LogP contribution in [0, 0.1) is 12.7 Å². The maximum Gasteiger partial charge on any atom is 0.251 e. The number of nitrogens with one attached hydrogen (secondary N) is 1. The first-order valence-electron chi connectivity index (χ1n) is 5.24. The van der Waals surface area contributed by atoms with Gasteiger partial charge < -0.3 is 5.32 Å². The van der Waals surface area contributed by atoms with Gasteiger partial charge in [-0.05, 0) is 25.1 Å². The highest BCUT2D eigenvalue weighted by atomic mass is 32.1. The smallest absolute Gasteiger partial charge is 0.251 e. The number of amides is 1. The first-order chi connectivity index (χ1) is 8.56. The predicted molar refractivity (Wildman–Crippen MR) is 71.7 cm³/mol. The minimum Gasteiger partial charge on any atom is -0.346 e. The van der Waals surface area contributed by atoms with Gasteiger partial charge in [-0.15, -0.1) is 24.0 Å². The Bertz CT molecular complexity index is 583. The van der Waals surface area contributed by atoms with Crippen LogP contribution in [-0.4, -0.2) is 10.9 Å². The molecule has 0 aliphatic heterocycles. The normalized spacial score (nSPS) is 10.4. The molecule has 0 saturated heterocycles. The van der Waals surface area contributed by atoms with Gasteiger partial charge in [-0.25, -0.2) is 9.37 Å². The monoisotopic (exact) mass is 282 g/mol. The Hall–Kier alpha value is -1.40. The number of thiol groups is 1. The Morgan fingerprint density at radius 3 is 2.94 bits per heavy atom. The fourth-order valence-electron chi connectivity index (χ4n) is 1.40. The van der Waals surface area contributed by atoms with Crippen LogP contribution in [0.5, 0.6) is 0 Å². The topological polar surface area (TPSA) is 42.0 Å². The number of carbonyl (C=O) groups is 1. The Balaban J connectivity index is 2.01. The van der Waals surface area contributed by atoms with Gasteiger partial charge >= 0.3 is 0 Å². The Morgan fingerprint density at radius 1 is 1.56 bits per heavy atom. The summed E-state index contributed by atoms with van der Waals surface area (Å²) in [5.41, 5.74) is 1.32. The number of halogens is 1. The van der Waals surface area contributed by atoms with Crippen molar-refractivity contribution in [3.8, 4) is 0 Å². The van der Waals surface area contributed by atoms with Crippen LogP contribution in [0.15, 0.2) is 28.5 Å². The zero-order chi connectivity index (χ0) is 13.1. The van der Waals surface area contributed by atoms with Gasteiger partial charge in [0.1, 0.15) is 10.8 Å². The second-order valence-electron chi connectivity index (χ2n) is 3.73. The highest BCUT2D eigenvalue weighted by Crippen LogP contribution is 2.14. The van der Waals surface area contributed by atoms with Crippen LogP contribution in [-0.2, 0) is 6.54 Å². The summed E-state index contributed by atoms with van der Waals surface area (Å²) in [6, 6.07) is 4.06. The second-order valence-corrected chi connectivity index (χ2v) is 5.16. The number of rotatable bonds is 3. The van der Waals surface area contributed by atoms with Gasteiger partial charge in [-0.3, -0.25) is 4.79 Å². The zero-order valence-corrected chi connectivity index (χ0v) is 11.3. The molecule has 6 heteroatoms. The third kappa shape index (κ3) is 3.08. The van der Waals surface area contributed by atoms with Crippen molar-refractivity contribution in [1.82, 2.24) is 10.3 Å². The van der Waals surface area contributed by atoms with Crippen LogP contribution in [0.2, 0.25) is 0 Å². The van der Waals surface area contributed by atoms with Crippen LogP contribution in [0.1, 0.15) is 21.1 Å². The summed E-state index contributed by atoms with van der Waals surface area (Å²) in [5.74, 6) is -0.705. The van der Waals surface area contributed by atoms with E-state index < -0.39 is 5.82 Å². The molecule has 0 fully saturated rings. The van der Waals surface area contributed by atoms with Gasteiger partial charge in [-0.2, -0.15) is 0 Å². The van der Waals surface area contributed by atoms with Crippen molar-refractivity contribution >= 4 is 29.9 Å². The lowest BCUT2D eigenvalue weighted by Gasteiger charge is -2.04. The molecule has 2 rings (SSSR count). The fourth-order valence-corrected chi connectivity index (χ4v) is 2.32. The molecule has 0 saturated carbocycles. The van der Waals surface area contributed by atoms with E-state index >= 15 is 0 Å². The Morgan fingerprint density at radius 2 is 2.33 bits per heavy atom. The van der Waals surface area contributed by atoms with Crippen molar-refractivity contribution in [2.24, 2.45) is 0 Å². The van der Waals surface area contributed by atoms with E-state index in [1.807, 2.05) is 12.3 Å². The SMILES string of the molecule is Cc1csc(CNC(=O)c2ccc(F)c(S)c2)n1. The molecule has 2 aromatic rings. The number of benzene rings is 1. The summed E-state index contributed by atoms with van der Waals surface area (Å²) in [5, 5.41) is 5.49. The third-order valence-corrected chi connectivity index (χ3v) is 3.58. The maximum atomic E-state index is 13.0. The van der Waals surface area contributed by atoms with E-state index in [0.717, 1.165) is 10.7 Å². The molecule has 1 aromatic carbocycles. The molecule has 0 radical (unpaired) electrons. The summed E-state index contributed by atoms with van der Waals surface area (Å²) >= 11 is 5.43. The summed E-state index contributed by atoms with van der Waals surface area (Å²) in [6.45, 7) is 2.27. The molecule has 3 nitrogen and oxygen atoms in total. The van der Waals surface area contributed by atoms with E-state index in [1.54, 1.807) is 0 Å². The maximum absolute atomic E-state index is 13.0. The number of hydrogen-bond donors (Lipinski definition) is 2. The lowest BCUT2D eigenvalue weighted by atomic mass is 10.2. The fraction of sp³-hybridized carbons (Fsp3) is 0.167.